The van der Waals surface area contributed by atoms with Crippen LogP contribution in [0.25, 0.3) is 11.1 Å². The minimum Gasteiger partial charge on any atom is -0.494 e. The van der Waals surface area contributed by atoms with Gasteiger partial charge in [-0.25, -0.2) is 0 Å². The molecule has 0 fully saturated rings. The van der Waals surface area contributed by atoms with Crippen molar-refractivity contribution in [2.24, 2.45) is 0 Å². The van der Waals surface area contributed by atoms with E-state index in [0.717, 1.165) is 18.8 Å². The molecule has 0 bridgehead atoms. The van der Waals surface area contributed by atoms with Crippen LogP contribution in [0, 0.1) is 0 Å². The Hall–Kier alpha value is -1.80. The van der Waals surface area contributed by atoms with E-state index in [9.17, 15) is 0 Å². The van der Waals surface area contributed by atoms with Crippen molar-refractivity contribution in [1.29, 1.82) is 0 Å². The average Bonchev–Trinajstić information content (AvgIpc) is 2.70. The lowest BCUT2D eigenvalue weighted by Gasteiger charge is -2.09. The van der Waals surface area contributed by atoms with Crippen molar-refractivity contribution in [3.8, 4) is 16.9 Å². The summed E-state index contributed by atoms with van der Waals surface area (Å²) < 4.78 is 5.88. The van der Waals surface area contributed by atoms with Gasteiger partial charge in [0.2, 0.25) is 0 Å². The molecule has 0 heterocycles. The van der Waals surface area contributed by atoms with Gasteiger partial charge < -0.3 is 9.64 Å². The number of unbranched alkanes of at least 4 members (excludes halogenated alkanes) is 8. The molecule has 0 aliphatic carbocycles. The second kappa shape index (κ2) is 13.4. The third-order valence-corrected chi connectivity index (χ3v) is 4.98. The molecule has 2 aromatic carbocycles. The molecule has 0 unspecified atom stereocenters. The minimum atomic E-state index is 0.829. The number of benzene rings is 2. The van der Waals surface area contributed by atoms with E-state index in [1.165, 1.54) is 69.0 Å². The first-order valence-electron chi connectivity index (χ1n) is 10.7. The first kappa shape index (κ1) is 21.5. The van der Waals surface area contributed by atoms with E-state index in [0.29, 0.717) is 0 Å². The molecular weight excluding hydrogens is 330 g/mol. The Morgan fingerprint density at radius 2 is 1.11 bits per heavy atom. The van der Waals surface area contributed by atoms with Gasteiger partial charge in [-0.1, -0.05) is 87.4 Å². The van der Waals surface area contributed by atoms with Crippen LogP contribution < -0.4 is 4.74 Å². The maximum atomic E-state index is 5.88. The summed E-state index contributed by atoms with van der Waals surface area (Å²) in [6.07, 6.45) is 12.1. The third kappa shape index (κ3) is 9.63. The summed E-state index contributed by atoms with van der Waals surface area (Å²) in [5, 5.41) is 0. The van der Waals surface area contributed by atoms with Gasteiger partial charge in [-0.05, 0) is 56.7 Å². The minimum absolute atomic E-state index is 0.829. The Labute approximate surface area is 166 Å². The molecule has 27 heavy (non-hydrogen) atoms. The fraction of sp³-hybridized carbons (Fsp3) is 0.520. The molecule has 0 aromatic heterocycles. The molecule has 2 nitrogen and oxygen atoms in total. The molecule has 0 radical (unpaired) electrons. The number of hydrogen-bond acceptors (Lipinski definition) is 2. The summed E-state index contributed by atoms with van der Waals surface area (Å²) in [6.45, 7) is 2.06. The predicted molar refractivity (Wildman–Crippen MR) is 117 cm³/mol. The van der Waals surface area contributed by atoms with Crippen molar-refractivity contribution in [3.63, 3.8) is 0 Å². The molecule has 2 aromatic rings. The van der Waals surface area contributed by atoms with E-state index < -0.39 is 0 Å². The molecule has 2 rings (SSSR count). The van der Waals surface area contributed by atoms with E-state index in [2.05, 4.69) is 67.5 Å². The van der Waals surface area contributed by atoms with Crippen LogP contribution >= 0.6 is 0 Å². The Kier molecular flexibility index (Phi) is 10.7. The van der Waals surface area contributed by atoms with Crippen LogP contribution in [-0.2, 0) is 0 Å². The smallest absolute Gasteiger partial charge is 0.119 e. The van der Waals surface area contributed by atoms with Gasteiger partial charge in [0.1, 0.15) is 5.75 Å². The first-order valence-corrected chi connectivity index (χ1v) is 10.7. The monoisotopic (exact) mass is 367 g/mol. The maximum Gasteiger partial charge on any atom is 0.119 e. The summed E-state index contributed by atoms with van der Waals surface area (Å²) in [6, 6.07) is 18.9. The number of nitrogens with zero attached hydrogens (tertiary/aromatic N) is 1. The zero-order valence-corrected chi connectivity index (χ0v) is 17.3. The van der Waals surface area contributed by atoms with Crippen LogP contribution in [0.5, 0.6) is 5.75 Å². The number of rotatable bonds is 14. The van der Waals surface area contributed by atoms with Gasteiger partial charge in [-0.15, -0.1) is 0 Å². The first-order chi connectivity index (χ1) is 13.3. The van der Waals surface area contributed by atoms with E-state index in [1.807, 2.05) is 6.07 Å². The van der Waals surface area contributed by atoms with Crippen molar-refractivity contribution in [3.05, 3.63) is 54.6 Å². The molecule has 0 atom stereocenters. The van der Waals surface area contributed by atoms with Crippen molar-refractivity contribution in [2.45, 2.75) is 57.8 Å². The molecule has 0 spiro atoms. The van der Waals surface area contributed by atoms with Crippen LogP contribution in [0.1, 0.15) is 57.8 Å². The van der Waals surface area contributed by atoms with Crippen LogP contribution in [0.2, 0.25) is 0 Å². The largest absolute Gasteiger partial charge is 0.494 e. The summed E-state index contributed by atoms with van der Waals surface area (Å²) in [7, 11) is 4.31. The molecule has 0 aliphatic heterocycles. The highest BCUT2D eigenvalue weighted by molar-refractivity contribution is 5.63. The summed E-state index contributed by atoms with van der Waals surface area (Å²) in [5.74, 6) is 0.979. The van der Waals surface area contributed by atoms with E-state index in [-0.39, 0.29) is 0 Å². The lowest BCUT2D eigenvalue weighted by Crippen LogP contribution is -2.12. The highest BCUT2D eigenvalue weighted by atomic mass is 16.5. The normalized spacial score (nSPS) is 11.1. The number of ether oxygens (including phenoxy) is 1. The molecule has 0 N–H and O–H groups in total. The van der Waals surface area contributed by atoms with Gasteiger partial charge in [0.25, 0.3) is 0 Å². The molecule has 0 saturated carbocycles. The van der Waals surface area contributed by atoms with Crippen molar-refractivity contribution in [2.75, 3.05) is 27.2 Å². The topological polar surface area (TPSA) is 12.5 Å². The average molecular weight is 368 g/mol. The van der Waals surface area contributed by atoms with Gasteiger partial charge >= 0.3 is 0 Å². The van der Waals surface area contributed by atoms with E-state index in [1.54, 1.807) is 0 Å². The molecule has 2 heteroatoms. The third-order valence-electron chi connectivity index (χ3n) is 4.98. The van der Waals surface area contributed by atoms with Crippen molar-refractivity contribution < 1.29 is 4.74 Å². The Morgan fingerprint density at radius 1 is 0.593 bits per heavy atom. The Balaban J connectivity index is 1.45. The lowest BCUT2D eigenvalue weighted by atomic mass is 10.1. The van der Waals surface area contributed by atoms with Crippen LogP contribution in [0.15, 0.2) is 54.6 Å². The van der Waals surface area contributed by atoms with Gasteiger partial charge in [0.15, 0.2) is 0 Å². The summed E-state index contributed by atoms with van der Waals surface area (Å²) in [4.78, 5) is 2.28. The molecule has 0 aliphatic rings. The van der Waals surface area contributed by atoms with Gasteiger partial charge in [-0.3, -0.25) is 0 Å². The van der Waals surface area contributed by atoms with Crippen molar-refractivity contribution in [1.82, 2.24) is 4.90 Å². The zero-order valence-electron chi connectivity index (χ0n) is 17.3. The van der Waals surface area contributed by atoms with Crippen LogP contribution in [0.3, 0.4) is 0 Å². The van der Waals surface area contributed by atoms with E-state index in [4.69, 9.17) is 4.74 Å². The zero-order chi connectivity index (χ0) is 19.2. The van der Waals surface area contributed by atoms with Crippen molar-refractivity contribution >= 4 is 0 Å². The highest BCUT2D eigenvalue weighted by Gasteiger charge is 1.99. The number of hydrogen-bond donors (Lipinski definition) is 0. The molecule has 148 valence electrons. The SMILES string of the molecule is CN(C)CCCCCCCCCCCOc1ccc(-c2ccccc2)cc1. The fourth-order valence-corrected chi connectivity index (χ4v) is 3.33. The molecule has 0 saturated heterocycles. The van der Waals surface area contributed by atoms with Gasteiger partial charge in [0.05, 0.1) is 6.61 Å². The standard InChI is InChI=1S/C25H37NO/c1-26(2)21-13-8-6-4-3-5-7-9-14-22-27-25-19-17-24(18-20-25)23-15-11-10-12-16-23/h10-12,15-20H,3-9,13-14,21-22H2,1-2H3. The van der Waals surface area contributed by atoms with Gasteiger partial charge in [-0.2, -0.15) is 0 Å². The molecular formula is C25H37NO. The van der Waals surface area contributed by atoms with Crippen LogP contribution in [-0.4, -0.2) is 32.1 Å². The predicted octanol–water partition coefficient (Wildman–Crippen LogP) is 6.80. The summed E-state index contributed by atoms with van der Waals surface area (Å²) >= 11 is 0. The maximum absolute atomic E-state index is 5.88. The Bertz CT molecular complexity index is 591. The van der Waals surface area contributed by atoms with Gasteiger partial charge in [0, 0.05) is 0 Å². The summed E-state index contributed by atoms with van der Waals surface area (Å²) in [5.41, 5.74) is 2.49. The Morgan fingerprint density at radius 3 is 1.70 bits per heavy atom. The van der Waals surface area contributed by atoms with Crippen LogP contribution in [0.4, 0.5) is 0 Å². The fourth-order valence-electron chi connectivity index (χ4n) is 3.33. The van der Waals surface area contributed by atoms with E-state index >= 15 is 0 Å². The second-order valence-electron chi connectivity index (χ2n) is 7.72. The quantitative estimate of drug-likeness (QED) is 0.340. The highest BCUT2D eigenvalue weighted by Crippen LogP contribution is 2.22. The second-order valence-corrected chi connectivity index (χ2v) is 7.72. The molecule has 0 amide bonds. The lowest BCUT2D eigenvalue weighted by molar-refractivity contribution is 0.304.